The molecule has 2 aromatic rings. The number of nitrogens with one attached hydrogen (secondary N) is 1. The van der Waals surface area contributed by atoms with Crippen molar-refractivity contribution in [2.45, 2.75) is 44.6 Å². The number of carbonyl (C=O) groups is 1. The van der Waals surface area contributed by atoms with E-state index in [1.165, 1.54) is 31.5 Å². The van der Waals surface area contributed by atoms with Gasteiger partial charge in [0.05, 0.1) is 12.1 Å². The first-order valence-corrected chi connectivity index (χ1v) is 10.2. The van der Waals surface area contributed by atoms with E-state index in [1.54, 1.807) is 6.07 Å². The van der Waals surface area contributed by atoms with Crippen molar-refractivity contribution in [3.8, 4) is 0 Å². The first-order chi connectivity index (χ1) is 13.6. The lowest BCUT2D eigenvalue weighted by molar-refractivity contribution is 0.0710. The first kappa shape index (κ1) is 18.9. The summed E-state index contributed by atoms with van der Waals surface area (Å²) in [4.78, 5) is 30.7. The zero-order valence-electron chi connectivity index (χ0n) is 16.4. The van der Waals surface area contributed by atoms with Crippen molar-refractivity contribution in [2.75, 3.05) is 26.2 Å². The minimum absolute atomic E-state index is 0.0292. The number of rotatable bonds is 4. The minimum atomic E-state index is -0.196. The highest BCUT2D eigenvalue weighted by atomic mass is 16.2. The van der Waals surface area contributed by atoms with Crippen LogP contribution in [0.25, 0.3) is 0 Å². The second kappa shape index (κ2) is 8.26. The van der Waals surface area contributed by atoms with E-state index < -0.39 is 0 Å². The number of aromatic nitrogens is 4. The van der Waals surface area contributed by atoms with Crippen LogP contribution in [0.3, 0.4) is 0 Å². The number of hydrogen-bond donors (Lipinski definition) is 1. The van der Waals surface area contributed by atoms with E-state index in [-0.39, 0.29) is 11.5 Å². The number of piperidine rings is 2. The van der Waals surface area contributed by atoms with Gasteiger partial charge in [-0.1, -0.05) is 6.42 Å². The quantitative estimate of drug-likeness (QED) is 0.863. The molecule has 0 aliphatic carbocycles. The summed E-state index contributed by atoms with van der Waals surface area (Å²) in [6.45, 7) is 4.54. The Morgan fingerprint density at radius 3 is 2.54 bits per heavy atom. The Morgan fingerprint density at radius 2 is 1.86 bits per heavy atom. The molecule has 8 nitrogen and oxygen atoms in total. The van der Waals surface area contributed by atoms with E-state index in [9.17, 15) is 9.59 Å². The number of aromatic amines is 1. The van der Waals surface area contributed by atoms with Gasteiger partial charge in [0.25, 0.3) is 5.91 Å². The largest absolute Gasteiger partial charge is 0.339 e. The predicted molar refractivity (Wildman–Crippen MR) is 105 cm³/mol. The number of H-pyrrole nitrogens is 1. The first-order valence-electron chi connectivity index (χ1n) is 10.2. The van der Waals surface area contributed by atoms with Gasteiger partial charge in [0.15, 0.2) is 0 Å². The molecule has 150 valence electrons. The average molecular weight is 384 g/mol. The molecule has 2 aliphatic heterocycles. The Bertz CT molecular complexity index is 855. The smallest absolute Gasteiger partial charge is 0.255 e. The van der Waals surface area contributed by atoms with E-state index in [2.05, 4.69) is 31.7 Å². The van der Waals surface area contributed by atoms with Gasteiger partial charge < -0.3 is 14.5 Å². The van der Waals surface area contributed by atoms with Crippen LogP contribution in [0.2, 0.25) is 0 Å². The number of amides is 1. The Hall–Kier alpha value is -2.48. The fraction of sp³-hybridized carbons (Fsp3) is 0.600. The van der Waals surface area contributed by atoms with Gasteiger partial charge in [-0.2, -0.15) is 0 Å². The molecule has 4 heterocycles. The molecule has 0 bridgehead atoms. The molecule has 0 radical (unpaired) electrons. The van der Waals surface area contributed by atoms with Crippen LogP contribution in [0.1, 0.15) is 60.0 Å². The highest BCUT2D eigenvalue weighted by Crippen LogP contribution is 2.27. The molecular formula is C20H28N6O2. The third-order valence-electron chi connectivity index (χ3n) is 5.99. The van der Waals surface area contributed by atoms with Crippen LogP contribution in [0.5, 0.6) is 0 Å². The van der Waals surface area contributed by atoms with E-state index in [0.29, 0.717) is 24.6 Å². The molecule has 0 atom stereocenters. The van der Waals surface area contributed by atoms with Crippen molar-refractivity contribution in [3.63, 3.8) is 0 Å². The summed E-state index contributed by atoms with van der Waals surface area (Å²) >= 11 is 0. The number of pyridine rings is 1. The molecular weight excluding hydrogens is 356 g/mol. The van der Waals surface area contributed by atoms with Gasteiger partial charge in [-0.15, -0.1) is 10.2 Å². The number of hydrogen-bond acceptors (Lipinski definition) is 5. The Labute approximate surface area is 164 Å². The van der Waals surface area contributed by atoms with Gasteiger partial charge in [-0.05, 0) is 44.8 Å². The Kier molecular flexibility index (Phi) is 5.57. The second-order valence-corrected chi connectivity index (χ2v) is 7.88. The van der Waals surface area contributed by atoms with E-state index in [4.69, 9.17) is 0 Å². The SMILES string of the molecule is Cn1c(CN2CCCCC2)nnc1C1CCN(C(=O)c2ccc(=O)[nH]c2)CC1. The molecule has 1 amide bonds. The van der Waals surface area contributed by atoms with Crippen LogP contribution in [-0.4, -0.2) is 61.6 Å². The van der Waals surface area contributed by atoms with Crippen molar-refractivity contribution in [3.05, 3.63) is 45.9 Å². The average Bonchev–Trinajstić information content (AvgIpc) is 3.09. The van der Waals surface area contributed by atoms with Crippen molar-refractivity contribution in [2.24, 2.45) is 7.05 Å². The van der Waals surface area contributed by atoms with Crippen LogP contribution in [-0.2, 0) is 13.6 Å². The maximum absolute atomic E-state index is 12.6. The molecule has 0 unspecified atom stereocenters. The standard InChI is InChI=1S/C20H28N6O2/c1-24-17(14-25-9-3-2-4-10-25)22-23-19(24)15-7-11-26(12-8-15)20(28)16-5-6-18(27)21-13-16/h5-6,13,15H,2-4,7-12,14H2,1H3,(H,21,27). The summed E-state index contributed by atoms with van der Waals surface area (Å²) < 4.78 is 2.15. The van der Waals surface area contributed by atoms with Crippen LogP contribution < -0.4 is 5.56 Å². The summed E-state index contributed by atoms with van der Waals surface area (Å²) in [5.41, 5.74) is 0.332. The van der Waals surface area contributed by atoms with Crippen molar-refractivity contribution >= 4 is 5.91 Å². The molecule has 2 saturated heterocycles. The Balaban J connectivity index is 1.36. The van der Waals surface area contributed by atoms with Crippen LogP contribution in [0.15, 0.2) is 23.1 Å². The van der Waals surface area contributed by atoms with Crippen LogP contribution in [0, 0.1) is 0 Å². The molecule has 2 fully saturated rings. The summed E-state index contributed by atoms with van der Waals surface area (Å²) in [6, 6.07) is 2.98. The minimum Gasteiger partial charge on any atom is -0.339 e. The normalized spacial score (nSPS) is 19.1. The lowest BCUT2D eigenvalue weighted by Gasteiger charge is -2.31. The lowest BCUT2D eigenvalue weighted by Crippen LogP contribution is -2.38. The highest BCUT2D eigenvalue weighted by Gasteiger charge is 2.28. The maximum atomic E-state index is 12.6. The summed E-state index contributed by atoms with van der Waals surface area (Å²) in [7, 11) is 2.06. The second-order valence-electron chi connectivity index (χ2n) is 7.88. The van der Waals surface area contributed by atoms with Gasteiger partial charge in [0.2, 0.25) is 5.56 Å². The number of carbonyl (C=O) groups excluding carboxylic acids is 1. The monoisotopic (exact) mass is 384 g/mol. The molecule has 2 aliphatic rings. The number of nitrogens with zero attached hydrogens (tertiary/aromatic N) is 5. The van der Waals surface area contributed by atoms with Crippen molar-refractivity contribution in [1.82, 2.24) is 29.5 Å². The lowest BCUT2D eigenvalue weighted by atomic mass is 9.95. The predicted octanol–water partition coefficient (Wildman–Crippen LogP) is 1.51. The van der Waals surface area contributed by atoms with E-state index >= 15 is 0 Å². The molecule has 0 aromatic carbocycles. The summed E-state index contributed by atoms with van der Waals surface area (Å²) in [5.74, 6) is 2.36. The third kappa shape index (κ3) is 4.01. The summed E-state index contributed by atoms with van der Waals surface area (Å²) in [5, 5.41) is 8.94. The zero-order chi connectivity index (χ0) is 19.5. The fourth-order valence-corrected chi connectivity index (χ4v) is 4.25. The van der Waals surface area contributed by atoms with Gasteiger partial charge in [0, 0.05) is 38.3 Å². The Morgan fingerprint density at radius 1 is 1.11 bits per heavy atom. The highest BCUT2D eigenvalue weighted by molar-refractivity contribution is 5.93. The van der Waals surface area contributed by atoms with Crippen LogP contribution >= 0.6 is 0 Å². The fourth-order valence-electron chi connectivity index (χ4n) is 4.25. The van der Waals surface area contributed by atoms with Crippen molar-refractivity contribution < 1.29 is 4.79 Å². The molecule has 0 saturated carbocycles. The molecule has 28 heavy (non-hydrogen) atoms. The molecule has 8 heteroatoms. The van der Waals surface area contributed by atoms with Gasteiger partial charge in [-0.3, -0.25) is 14.5 Å². The molecule has 0 spiro atoms. The molecule has 1 N–H and O–H groups in total. The van der Waals surface area contributed by atoms with Crippen molar-refractivity contribution in [1.29, 1.82) is 0 Å². The van der Waals surface area contributed by atoms with Crippen LogP contribution in [0.4, 0.5) is 0 Å². The number of likely N-dealkylation sites (tertiary alicyclic amines) is 2. The zero-order valence-corrected chi connectivity index (χ0v) is 16.4. The summed E-state index contributed by atoms with van der Waals surface area (Å²) in [6.07, 6.45) is 7.12. The van der Waals surface area contributed by atoms with E-state index in [0.717, 1.165) is 44.1 Å². The molecule has 2 aromatic heterocycles. The third-order valence-corrected chi connectivity index (χ3v) is 5.99. The maximum Gasteiger partial charge on any atom is 0.255 e. The van der Waals surface area contributed by atoms with Gasteiger partial charge in [-0.25, -0.2) is 0 Å². The topological polar surface area (TPSA) is 87.1 Å². The van der Waals surface area contributed by atoms with Gasteiger partial charge in [0.1, 0.15) is 11.6 Å². The van der Waals surface area contributed by atoms with E-state index in [1.807, 2.05) is 4.90 Å². The molecule has 4 rings (SSSR count). The van der Waals surface area contributed by atoms with Gasteiger partial charge >= 0.3 is 0 Å².